The Hall–Kier alpha value is -1.56. The summed E-state index contributed by atoms with van der Waals surface area (Å²) >= 11 is 0. The Morgan fingerprint density at radius 3 is 2.82 bits per heavy atom. The zero-order chi connectivity index (χ0) is 16.3. The minimum absolute atomic E-state index is 0.207. The lowest BCUT2D eigenvalue weighted by atomic mass is 9.96. The fourth-order valence-electron chi connectivity index (χ4n) is 2.90. The van der Waals surface area contributed by atoms with Crippen LogP contribution in [0.25, 0.3) is 0 Å². The molecule has 22 heavy (non-hydrogen) atoms. The summed E-state index contributed by atoms with van der Waals surface area (Å²) in [5, 5.41) is 3.39. The van der Waals surface area contributed by atoms with Gasteiger partial charge in [0.15, 0.2) is 0 Å². The average Bonchev–Trinajstić information content (AvgIpc) is 3.03. The van der Waals surface area contributed by atoms with E-state index in [2.05, 4.69) is 10.3 Å². The number of aryl methyl sites for hydroxylation is 1. The zero-order valence-corrected chi connectivity index (χ0v) is 14.3. The van der Waals surface area contributed by atoms with Gasteiger partial charge in [-0.2, -0.15) is 0 Å². The highest BCUT2D eigenvalue weighted by atomic mass is 16.6. The zero-order valence-electron chi connectivity index (χ0n) is 14.3. The molecule has 2 rings (SSSR count). The van der Waals surface area contributed by atoms with E-state index in [-0.39, 0.29) is 6.09 Å². The fraction of sp³-hybridized carbons (Fsp3) is 0.750. The first kappa shape index (κ1) is 16.8. The van der Waals surface area contributed by atoms with E-state index in [9.17, 15) is 4.79 Å². The first-order valence-electron chi connectivity index (χ1n) is 7.91. The summed E-state index contributed by atoms with van der Waals surface area (Å²) in [6.07, 6.45) is 5.44. The normalized spacial score (nSPS) is 20.2. The molecule has 124 valence electrons. The van der Waals surface area contributed by atoms with Crippen molar-refractivity contribution in [1.29, 1.82) is 0 Å². The molecule has 1 aromatic rings. The van der Waals surface area contributed by atoms with Crippen molar-refractivity contribution in [2.45, 2.75) is 45.3 Å². The van der Waals surface area contributed by atoms with Crippen LogP contribution in [0, 0.1) is 5.92 Å². The molecule has 2 unspecified atom stereocenters. The second-order valence-electron chi connectivity index (χ2n) is 7.03. The number of nitrogens with one attached hydrogen (secondary N) is 1. The van der Waals surface area contributed by atoms with Crippen LogP contribution in [0.4, 0.5) is 4.79 Å². The van der Waals surface area contributed by atoms with Crippen LogP contribution >= 0.6 is 0 Å². The molecule has 1 aromatic heterocycles. The Morgan fingerprint density at radius 1 is 1.55 bits per heavy atom. The maximum absolute atomic E-state index is 12.2. The monoisotopic (exact) mass is 308 g/mol. The number of carbonyl (C=O) groups is 1. The van der Waals surface area contributed by atoms with Crippen molar-refractivity contribution in [3.8, 4) is 0 Å². The summed E-state index contributed by atoms with van der Waals surface area (Å²) in [4.78, 5) is 18.4. The topological polar surface area (TPSA) is 59.4 Å². The third-order valence-electron chi connectivity index (χ3n) is 4.14. The summed E-state index contributed by atoms with van der Waals surface area (Å²) in [6, 6.07) is 0.313. The number of nitrogens with zero attached hydrogens (tertiary/aromatic N) is 3. The van der Waals surface area contributed by atoms with Crippen LogP contribution in [0.5, 0.6) is 0 Å². The van der Waals surface area contributed by atoms with E-state index in [1.165, 1.54) is 0 Å². The smallest absolute Gasteiger partial charge is 0.410 e. The van der Waals surface area contributed by atoms with Crippen molar-refractivity contribution in [3.05, 3.63) is 18.2 Å². The molecule has 1 fully saturated rings. The molecular formula is C16H28N4O2. The molecular weight excluding hydrogens is 280 g/mol. The molecule has 1 aliphatic rings. The van der Waals surface area contributed by atoms with Crippen LogP contribution in [-0.2, 0) is 18.2 Å². The van der Waals surface area contributed by atoms with Gasteiger partial charge in [-0.1, -0.05) is 0 Å². The standard InChI is InChI=1S/C16H28N4O2/c1-16(2,3)22-15(21)20-8-6-12(11-20)13(17-4)10-14-18-7-9-19(14)5/h7,9,12-13,17H,6,8,10-11H2,1-5H3. The number of likely N-dealkylation sites (N-methyl/N-ethyl adjacent to an activating group) is 1. The number of carbonyl (C=O) groups excluding carboxylic acids is 1. The lowest BCUT2D eigenvalue weighted by Crippen LogP contribution is -2.40. The molecule has 2 atom stereocenters. The number of aromatic nitrogens is 2. The largest absolute Gasteiger partial charge is 0.444 e. The predicted octanol–water partition coefficient (Wildman–Crippen LogP) is 1.81. The van der Waals surface area contributed by atoms with E-state index in [0.29, 0.717) is 12.0 Å². The number of amides is 1. The average molecular weight is 308 g/mol. The summed E-state index contributed by atoms with van der Waals surface area (Å²) in [7, 11) is 3.99. The van der Waals surface area contributed by atoms with E-state index in [0.717, 1.165) is 31.8 Å². The van der Waals surface area contributed by atoms with Crippen molar-refractivity contribution in [2.75, 3.05) is 20.1 Å². The molecule has 1 N–H and O–H groups in total. The lowest BCUT2D eigenvalue weighted by molar-refractivity contribution is 0.0285. The quantitative estimate of drug-likeness (QED) is 0.921. The van der Waals surface area contributed by atoms with Crippen LogP contribution < -0.4 is 5.32 Å². The van der Waals surface area contributed by atoms with E-state index in [1.807, 2.05) is 56.7 Å². The number of hydrogen-bond donors (Lipinski definition) is 1. The van der Waals surface area contributed by atoms with Gasteiger partial charge in [0, 0.05) is 45.0 Å². The van der Waals surface area contributed by atoms with Gasteiger partial charge in [0.25, 0.3) is 0 Å². The third-order valence-corrected chi connectivity index (χ3v) is 4.14. The molecule has 0 aromatic carbocycles. The van der Waals surface area contributed by atoms with Crippen molar-refractivity contribution < 1.29 is 9.53 Å². The van der Waals surface area contributed by atoms with Gasteiger partial charge in [-0.3, -0.25) is 0 Å². The summed E-state index contributed by atoms with van der Waals surface area (Å²) in [6.45, 7) is 7.20. The molecule has 6 nitrogen and oxygen atoms in total. The number of ether oxygens (including phenoxy) is 1. The molecule has 1 aliphatic heterocycles. The Morgan fingerprint density at radius 2 is 2.27 bits per heavy atom. The summed E-state index contributed by atoms with van der Waals surface area (Å²) < 4.78 is 7.51. The van der Waals surface area contributed by atoms with Crippen LogP contribution in [0.1, 0.15) is 33.0 Å². The van der Waals surface area contributed by atoms with E-state index in [4.69, 9.17) is 4.74 Å². The molecule has 0 bridgehead atoms. The van der Waals surface area contributed by atoms with Crippen molar-refractivity contribution in [1.82, 2.24) is 19.8 Å². The van der Waals surface area contributed by atoms with E-state index >= 15 is 0 Å². The SMILES string of the molecule is CNC(Cc1nccn1C)C1CCN(C(=O)OC(C)(C)C)C1. The van der Waals surface area contributed by atoms with Crippen molar-refractivity contribution in [2.24, 2.45) is 13.0 Å². The van der Waals surface area contributed by atoms with Gasteiger partial charge in [0.2, 0.25) is 0 Å². The molecule has 0 radical (unpaired) electrons. The number of rotatable bonds is 4. The highest BCUT2D eigenvalue weighted by Gasteiger charge is 2.33. The minimum Gasteiger partial charge on any atom is -0.444 e. The van der Waals surface area contributed by atoms with Gasteiger partial charge < -0.3 is 19.5 Å². The molecule has 1 saturated heterocycles. The molecule has 0 aliphatic carbocycles. The summed E-state index contributed by atoms with van der Waals surface area (Å²) in [5.74, 6) is 1.49. The molecule has 6 heteroatoms. The van der Waals surface area contributed by atoms with E-state index < -0.39 is 5.60 Å². The Balaban J connectivity index is 1.93. The second kappa shape index (κ2) is 6.69. The van der Waals surface area contributed by atoms with Crippen molar-refractivity contribution in [3.63, 3.8) is 0 Å². The van der Waals surface area contributed by atoms with Crippen LogP contribution in [0.3, 0.4) is 0 Å². The van der Waals surface area contributed by atoms with Gasteiger partial charge in [-0.05, 0) is 40.2 Å². The minimum atomic E-state index is -0.440. The first-order chi connectivity index (χ1) is 10.3. The van der Waals surface area contributed by atoms with Gasteiger partial charge in [0.1, 0.15) is 11.4 Å². The van der Waals surface area contributed by atoms with Gasteiger partial charge in [0.05, 0.1) is 0 Å². The highest BCUT2D eigenvalue weighted by Crippen LogP contribution is 2.23. The molecule has 0 saturated carbocycles. The molecule has 1 amide bonds. The molecule has 0 spiro atoms. The van der Waals surface area contributed by atoms with Gasteiger partial charge in [-0.25, -0.2) is 9.78 Å². The van der Waals surface area contributed by atoms with Gasteiger partial charge >= 0.3 is 6.09 Å². The van der Waals surface area contributed by atoms with Crippen LogP contribution in [-0.4, -0.2) is 52.3 Å². The van der Waals surface area contributed by atoms with Gasteiger partial charge in [-0.15, -0.1) is 0 Å². The number of hydrogen-bond acceptors (Lipinski definition) is 4. The lowest BCUT2D eigenvalue weighted by Gasteiger charge is -2.26. The second-order valence-corrected chi connectivity index (χ2v) is 7.03. The van der Waals surface area contributed by atoms with E-state index in [1.54, 1.807) is 0 Å². The number of likely N-dealkylation sites (tertiary alicyclic amines) is 1. The Labute approximate surface area is 132 Å². The maximum atomic E-state index is 12.2. The van der Waals surface area contributed by atoms with Crippen molar-refractivity contribution >= 4 is 6.09 Å². The van der Waals surface area contributed by atoms with Crippen LogP contribution in [0.2, 0.25) is 0 Å². The Kier molecular flexibility index (Phi) is 5.11. The summed E-state index contributed by atoms with van der Waals surface area (Å²) in [5.41, 5.74) is -0.440. The third kappa shape index (κ3) is 4.22. The maximum Gasteiger partial charge on any atom is 0.410 e. The highest BCUT2D eigenvalue weighted by molar-refractivity contribution is 5.68. The fourth-order valence-corrected chi connectivity index (χ4v) is 2.90. The molecule has 2 heterocycles. The Bertz CT molecular complexity index is 506. The predicted molar refractivity (Wildman–Crippen MR) is 85.7 cm³/mol. The number of imidazole rings is 1. The van der Waals surface area contributed by atoms with Crippen LogP contribution in [0.15, 0.2) is 12.4 Å². The first-order valence-corrected chi connectivity index (χ1v) is 7.91.